The molecule has 1 aromatic rings. The van der Waals surface area contributed by atoms with Crippen LogP contribution in [0.1, 0.15) is 49.1 Å². The fourth-order valence-corrected chi connectivity index (χ4v) is 3.10. The maximum Gasteiger partial charge on any atom is 0.0443 e. The van der Waals surface area contributed by atoms with Gasteiger partial charge >= 0.3 is 0 Å². The molecule has 0 saturated heterocycles. The largest absolute Gasteiger partial charge is 0.319 e. The second-order valence-corrected chi connectivity index (χ2v) is 5.45. The van der Waals surface area contributed by atoms with Crippen LogP contribution < -0.4 is 5.32 Å². The van der Waals surface area contributed by atoms with Gasteiger partial charge in [-0.15, -0.1) is 0 Å². The van der Waals surface area contributed by atoms with Crippen molar-refractivity contribution < 1.29 is 0 Å². The fourth-order valence-electron chi connectivity index (χ4n) is 2.74. The summed E-state index contributed by atoms with van der Waals surface area (Å²) in [6, 6.07) is 6.65. The van der Waals surface area contributed by atoms with E-state index in [-0.39, 0.29) is 0 Å². The zero-order chi connectivity index (χ0) is 12.1. The zero-order valence-electron chi connectivity index (χ0n) is 10.6. The molecule has 1 N–H and O–H groups in total. The van der Waals surface area contributed by atoms with Crippen molar-refractivity contribution >= 4 is 11.6 Å². The average Bonchev–Trinajstić information content (AvgIpc) is 2.37. The van der Waals surface area contributed by atoms with Crippen molar-refractivity contribution in [1.82, 2.24) is 5.32 Å². The molecule has 0 amide bonds. The molecule has 0 atom stereocenters. The summed E-state index contributed by atoms with van der Waals surface area (Å²) in [7, 11) is 1.98. The molecule has 2 heteroatoms. The first-order valence-electron chi connectivity index (χ1n) is 6.74. The summed E-state index contributed by atoms with van der Waals surface area (Å²) in [5.74, 6) is 0.703. The van der Waals surface area contributed by atoms with Crippen LogP contribution in [0.3, 0.4) is 0 Å². The van der Waals surface area contributed by atoms with Crippen molar-refractivity contribution in [2.45, 2.75) is 44.4 Å². The van der Waals surface area contributed by atoms with Gasteiger partial charge in [0.2, 0.25) is 0 Å². The second-order valence-electron chi connectivity index (χ2n) is 5.04. The van der Waals surface area contributed by atoms with E-state index >= 15 is 0 Å². The molecule has 1 fully saturated rings. The minimum Gasteiger partial charge on any atom is -0.319 e. The van der Waals surface area contributed by atoms with E-state index in [1.54, 1.807) is 0 Å². The Kier molecular flexibility index (Phi) is 4.87. The van der Waals surface area contributed by atoms with Crippen LogP contribution in [0.25, 0.3) is 0 Å². The Morgan fingerprint density at radius 1 is 1.24 bits per heavy atom. The molecule has 1 aliphatic carbocycles. The van der Waals surface area contributed by atoms with Crippen molar-refractivity contribution in [3.63, 3.8) is 0 Å². The molecule has 0 aromatic heterocycles. The van der Waals surface area contributed by atoms with Crippen molar-refractivity contribution in [1.29, 1.82) is 0 Å². The number of nitrogens with one attached hydrogen (secondary N) is 1. The quantitative estimate of drug-likeness (QED) is 0.848. The van der Waals surface area contributed by atoms with Gasteiger partial charge in [0.25, 0.3) is 0 Å². The molecule has 94 valence electrons. The number of halogens is 1. The lowest BCUT2D eigenvalue weighted by atomic mass is 9.84. The molecular formula is C15H22ClN. The van der Waals surface area contributed by atoms with Gasteiger partial charge in [0, 0.05) is 5.02 Å². The molecular weight excluding hydrogens is 230 g/mol. The lowest BCUT2D eigenvalue weighted by Gasteiger charge is -2.23. The number of hydrogen-bond acceptors (Lipinski definition) is 1. The number of likely N-dealkylation sites (N-methyl/N-ethyl adjacent to an activating group) is 1. The van der Waals surface area contributed by atoms with Crippen LogP contribution in [0.15, 0.2) is 18.2 Å². The summed E-state index contributed by atoms with van der Waals surface area (Å²) < 4.78 is 0. The molecule has 2 rings (SSSR count). The summed E-state index contributed by atoms with van der Waals surface area (Å²) in [5.41, 5.74) is 2.71. The lowest BCUT2D eigenvalue weighted by molar-refractivity contribution is 0.443. The molecule has 17 heavy (non-hydrogen) atoms. The van der Waals surface area contributed by atoms with Crippen molar-refractivity contribution in [3.05, 3.63) is 34.3 Å². The molecule has 0 bridgehead atoms. The average molecular weight is 252 g/mol. The standard InChI is InChI=1S/C15H22ClN/c1-17-10-9-12-7-8-14(15(16)11-12)13-5-3-2-4-6-13/h7-8,11,13,17H,2-6,9-10H2,1H3. The van der Waals surface area contributed by atoms with Gasteiger partial charge in [0.1, 0.15) is 0 Å². The summed E-state index contributed by atoms with van der Waals surface area (Å²) in [6.07, 6.45) is 7.81. The van der Waals surface area contributed by atoms with Gasteiger partial charge in [0.15, 0.2) is 0 Å². The Hall–Kier alpha value is -0.530. The molecule has 0 radical (unpaired) electrons. The second kappa shape index (κ2) is 6.42. The van der Waals surface area contributed by atoms with Crippen LogP contribution in [0, 0.1) is 0 Å². The molecule has 0 spiro atoms. The van der Waals surface area contributed by atoms with E-state index in [2.05, 4.69) is 23.5 Å². The van der Waals surface area contributed by atoms with E-state index in [9.17, 15) is 0 Å². The third kappa shape index (κ3) is 3.46. The highest BCUT2D eigenvalue weighted by Crippen LogP contribution is 2.36. The minimum absolute atomic E-state index is 0.703. The molecule has 1 aliphatic rings. The molecule has 0 heterocycles. The van der Waals surface area contributed by atoms with E-state index in [1.807, 2.05) is 7.05 Å². The van der Waals surface area contributed by atoms with E-state index in [1.165, 1.54) is 43.2 Å². The Bertz CT molecular complexity index is 356. The van der Waals surface area contributed by atoms with E-state index in [0.29, 0.717) is 5.92 Å². The van der Waals surface area contributed by atoms with Gasteiger partial charge in [-0.1, -0.05) is 43.0 Å². The molecule has 1 aromatic carbocycles. The number of rotatable bonds is 4. The smallest absolute Gasteiger partial charge is 0.0443 e. The Labute approximate surface area is 110 Å². The maximum absolute atomic E-state index is 6.42. The van der Waals surface area contributed by atoms with Crippen molar-refractivity contribution in [2.75, 3.05) is 13.6 Å². The third-order valence-electron chi connectivity index (χ3n) is 3.77. The van der Waals surface area contributed by atoms with Crippen LogP contribution in [0.4, 0.5) is 0 Å². The van der Waals surface area contributed by atoms with Gasteiger partial charge in [-0.3, -0.25) is 0 Å². The highest BCUT2D eigenvalue weighted by molar-refractivity contribution is 6.31. The lowest BCUT2D eigenvalue weighted by Crippen LogP contribution is -2.10. The highest BCUT2D eigenvalue weighted by atomic mass is 35.5. The first-order chi connectivity index (χ1) is 8.31. The van der Waals surface area contributed by atoms with Crippen molar-refractivity contribution in [3.8, 4) is 0 Å². The molecule has 0 unspecified atom stereocenters. The SMILES string of the molecule is CNCCc1ccc(C2CCCCC2)c(Cl)c1. The van der Waals surface area contributed by atoms with Gasteiger partial charge in [-0.25, -0.2) is 0 Å². The van der Waals surface area contributed by atoms with Crippen LogP contribution in [-0.4, -0.2) is 13.6 Å². The summed E-state index contributed by atoms with van der Waals surface area (Å²) >= 11 is 6.42. The highest BCUT2D eigenvalue weighted by Gasteiger charge is 2.17. The van der Waals surface area contributed by atoms with E-state index in [0.717, 1.165) is 18.0 Å². The van der Waals surface area contributed by atoms with Crippen LogP contribution in [0.2, 0.25) is 5.02 Å². The van der Waals surface area contributed by atoms with Crippen LogP contribution in [-0.2, 0) is 6.42 Å². The zero-order valence-corrected chi connectivity index (χ0v) is 11.4. The number of hydrogen-bond donors (Lipinski definition) is 1. The summed E-state index contributed by atoms with van der Waals surface area (Å²) in [5, 5.41) is 4.15. The van der Waals surface area contributed by atoms with Crippen LogP contribution in [0.5, 0.6) is 0 Å². The van der Waals surface area contributed by atoms with Gasteiger partial charge in [-0.2, -0.15) is 0 Å². The van der Waals surface area contributed by atoms with Crippen LogP contribution >= 0.6 is 11.6 Å². The predicted molar refractivity (Wildman–Crippen MR) is 74.9 cm³/mol. The van der Waals surface area contributed by atoms with Gasteiger partial charge < -0.3 is 5.32 Å². The van der Waals surface area contributed by atoms with E-state index < -0.39 is 0 Å². The molecule has 1 nitrogen and oxygen atoms in total. The summed E-state index contributed by atoms with van der Waals surface area (Å²) in [6.45, 7) is 1.01. The molecule has 1 saturated carbocycles. The van der Waals surface area contributed by atoms with Crippen molar-refractivity contribution in [2.24, 2.45) is 0 Å². The number of benzene rings is 1. The van der Waals surface area contributed by atoms with Gasteiger partial charge in [-0.05, 0) is 56.0 Å². The Morgan fingerprint density at radius 2 is 2.00 bits per heavy atom. The Morgan fingerprint density at radius 3 is 2.65 bits per heavy atom. The monoisotopic (exact) mass is 251 g/mol. The maximum atomic E-state index is 6.42. The third-order valence-corrected chi connectivity index (χ3v) is 4.10. The normalized spacial score (nSPS) is 17.3. The summed E-state index contributed by atoms with van der Waals surface area (Å²) in [4.78, 5) is 0. The fraction of sp³-hybridized carbons (Fsp3) is 0.600. The first-order valence-corrected chi connectivity index (χ1v) is 7.12. The van der Waals surface area contributed by atoms with E-state index in [4.69, 9.17) is 11.6 Å². The Balaban J connectivity index is 2.07. The minimum atomic E-state index is 0.703. The predicted octanol–water partition coefficient (Wildman–Crippen LogP) is 4.15. The topological polar surface area (TPSA) is 12.0 Å². The first kappa shape index (κ1) is 12.9. The molecule has 0 aliphatic heterocycles. The van der Waals surface area contributed by atoms with Gasteiger partial charge in [0.05, 0.1) is 0 Å².